The molecule has 2 aromatic heterocycles. The van der Waals surface area contributed by atoms with Crippen LogP contribution in [0.1, 0.15) is 56.0 Å². The third-order valence-electron chi connectivity index (χ3n) is 4.34. The maximum atomic E-state index is 4.57. The molecule has 0 spiro atoms. The Morgan fingerprint density at radius 1 is 1.33 bits per heavy atom. The van der Waals surface area contributed by atoms with Crippen LogP contribution in [-0.4, -0.2) is 43.1 Å². The fourth-order valence-electron chi connectivity index (χ4n) is 2.91. The van der Waals surface area contributed by atoms with Gasteiger partial charge in [0, 0.05) is 30.9 Å². The SMILES string of the molecule is CCc1nc(C2CCN([C@@H](C)c3cnccn3)CC2)n[nH]1. The van der Waals surface area contributed by atoms with Gasteiger partial charge in [-0.2, -0.15) is 5.10 Å². The Balaban J connectivity index is 1.60. The first-order valence-corrected chi connectivity index (χ1v) is 7.69. The standard InChI is InChI=1S/C15H22N6/c1-3-14-18-15(20-19-14)12-4-8-21(9-5-12)11(2)13-10-16-6-7-17-13/h6-7,10-12H,3-5,8-9H2,1-2H3,(H,18,19,20)/t11-/m0/s1. The number of hydrogen-bond acceptors (Lipinski definition) is 5. The number of aromatic amines is 1. The van der Waals surface area contributed by atoms with Crippen LogP contribution in [0.2, 0.25) is 0 Å². The van der Waals surface area contributed by atoms with Crippen molar-refractivity contribution in [3.05, 3.63) is 35.9 Å². The molecule has 0 bridgehead atoms. The van der Waals surface area contributed by atoms with Crippen molar-refractivity contribution in [2.75, 3.05) is 13.1 Å². The average Bonchev–Trinajstić information content (AvgIpc) is 3.04. The van der Waals surface area contributed by atoms with Gasteiger partial charge in [0.2, 0.25) is 0 Å². The first kappa shape index (κ1) is 14.1. The lowest BCUT2D eigenvalue weighted by atomic mass is 9.95. The Morgan fingerprint density at radius 2 is 2.14 bits per heavy atom. The topological polar surface area (TPSA) is 70.6 Å². The third kappa shape index (κ3) is 3.10. The Morgan fingerprint density at radius 3 is 2.76 bits per heavy atom. The van der Waals surface area contributed by atoms with Gasteiger partial charge >= 0.3 is 0 Å². The molecule has 0 saturated carbocycles. The second-order valence-corrected chi connectivity index (χ2v) is 5.61. The number of piperidine rings is 1. The lowest BCUT2D eigenvalue weighted by Gasteiger charge is -2.34. The van der Waals surface area contributed by atoms with Crippen molar-refractivity contribution >= 4 is 0 Å². The molecule has 112 valence electrons. The lowest BCUT2D eigenvalue weighted by Crippen LogP contribution is -2.35. The van der Waals surface area contributed by atoms with Crippen molar-refractivity contribution in [3.8, 4) is 0 Å². The fourth-order valence-corrected chi connectivity index (χ4v) is 2.91. The number of aromatic nitrogens is 5. The molecule has 3 rings (SSSR count). The van der Waals surface area contributed by atoms with E-state index in [2.05, 4.69) is 43.9 Å². The first-order chi connectivity index (χ1) is 10.3. The van der Waals surface area contributed by atoms with E-state index < -0.39 is 0 Å². The first-order valence-electron chi connectivity index (χ1n) is 7.69. The minimum Gasteiger partial charge on any atom is -0.295 e. The molecule has 0 unspecified atom stereocenters. The van der Waals surface area contributed by atoms with Gasteiger partial charge in [0.15, 0.2) is 5.82 Å². The van der Waals surface area contributed by atoms with Gasteiger partial charge in [-0.15, -0.1) is 0 Å². The van der Waals surface area contributed by atoms with Gasteiger partial charge in [0.25, 0.3) is 0 Å². The van der Waals surface area contributed by atoms with Crippen LogP contribution in [0.3, 0.4) is 0 Å². The van der Waals surface area contributed by atoms with E-state index in [1.807, 2.05) is 6.20 Å². The molecular formula is C15H22N6. The zero-order valence-corrected chi connectivity index (χ0v) is 12.7. The number of aryl methyl sites for hydroxylation is 1. The average molecular weight is 286 g/mol. The molecule has 6 heteroatoms. The number of rotatable bonds is 4. The summed E-state index contributed by atoms with van der Waals surface area (Å²) >= 11 is 0. The number of nitrogens with one attached hydrogen (secondary N) is 1. The number of nitrogens with zero attached hydrogens (tertiary/aromatic N) is 5. The summed E-state index contributed by atoms with van der Waals surface area (Å²) in [6.45, 7) is 6.40. The Labute approximate surface area is 125 Å². The second kappa shape index (κ2) is 6.30. The third-order valence-corrected chi connectivity index (χ3v) is 4.34. The van der Waals surface area contributed by atoms with E-state index in [1.165, 1.54) is 0 Å². The highest BCUT2D eigenvalue weighted by Crippen LogP contribution is 2.29. The lowest BCUT2D eigenvalue weighted by molar-refractivity contribution is 0.157. The largest absolute Gasteiger partial charge is 0.295 e. The highest BCUT2D eigenvalue weighted by atomic mass is 15.2. The van der Waals surface area contributed by atoms with Crippen molar-refractivity contribution in [3.63, 3.8) is 0 Å². The molecule has 0 radical (unpaired) electrons. The molecule has 1 aliphatic rings. The molecule has 1 fully saturated rings. The van der Waals surface area contributed by atoms with Crippen molar-refractivity contribution in [2.45, 2.75) is 45.1 Å². The van der Waals surface area contributed by atoms with Gasteiger partial charge in [-0.3, -0.25) is 20.0 Å². The zero-order chi connectivity index (χ0) is 14.7. The molecule has 1 aliphatic heterocycles. The summed E-state index contributed by atoms with van der Waals surface area (Å²) in [6.07, 6.45) is 8.46. The van der Waals surface area contributed by atoms with Crippen LogP contribution in [-0.2, 0) is 6.42 Å². The van der Waals surface area contributed by atoms with Crippen LogP contribution < -0.4 is 0 Å². The minimum absolute atomic E-state index is 0.318. The van der Waals surface area contributed by atoms with Crippen molar-refractivity contribution in [1.29, 1.82) is 0 Å². The van der Waals surface area contributed by atoms with Crippen LogP contribution in [0.15, 0.2) is 18.6 Å². The maximum Gasteiger partial charge on any atom is 0.153 e. The van der Waals surface area contributed by atoms with E-state index in [0.717, 1.165) is 49.7 Å². The Kier molecular flexibility index (Phi) is 4.24. The highest BCUT2D eigenvalue weighted by Gasteiger charge is 2.27. The summed E-state index contributed by atoms with van der Waals surface area (Å²) in [5.74, 6) is 2.45. The predicted octanol–water partition coefficient (Wildman–Crippen LogP) is 2.10. The molecule has 1 saturated heterocycles. The molecule has 0 aromatic carbocycles. The molecule has 1 atom stereocenters. The van der Waals surface area contributed by atoms with Crippen LogP contribution in [0, 0.1) is 0 Å². The fraction of sp³-hybridized carbons (Fsp3) is 0.600. The van der Waals surface area contributed by atoms with E-state index in [0.29, 0.717) is 12.0 Å². The number of H-pyrrole nitrogens is 1. The van der Waals surface area contributed by atoms with Gasteiger partial charge in [-0.1, -0.05) is 6.92 Å². The van der Waals surface area contributed by atoms with Crippen LogP contribution in [0.4, 0.5) is 0 Å². The molecule has 2 aromatic rings. The summed E-state index contributed by atoms with van der Waals surface area (Å²) < 4.78 is 0. The molecule has 1 N–H and O–H groups in total. The Bertz CT molecular complexity index is 559. The van der Waals surface area contributed by atoms with E-state index in [4.69, 9.17) is 0 Å². The summed E-state index contributed by atoms with van der Waals surface area (Å²) in [5.41, 5.74) is 1.04. The smallest absolute Gasteiger partial charge is 0.153 e. The summed E-state index contributed by atoms with van der Waals surface area (Å²) in [6, 6.07) is 0.318. The van der Waals surface area contributed by atoms with E-state index in [1.54, 1.807) is 12.4 Å². The van der Waals surface area contributed by atoms with Gasteiger partial charge in [-0.05, 0) is 32.9 Å². The van der Waals surface area contributed by atoms with E-state index >= 15 is 0 Å². The van der Waals surface area contributed by atoms with Crippen LogP contribution in [0.25, 0.3) is 0 Å². The van der Waals surface area contributed by atoms with Crippen molar-refractivity contribution in [2.24, 2.45) is 0 Å². The Hall–Kier alpha value is -1.82. The normalized spacial score (nSPS) is 18.8. The summed E-state index contributed by atoms with van der Waals surface area (Å²) in [7, 11) is 0. The molecule has 21 heavy (non-hydrogen) atoms. The summed E-state index contributed by atoms with van der Waals surface area (Å²) in [5, 5.41) is 7.38. The van der Waals surface area contributed by atoms with Crippen molar-refractivity contribution in [1.82, 2.24) is 30.0 Å². The molecule has 3 heterocycles. The van der Waals surface area contributed by atoms with Gasteiger partial charge < -0.3 is 0 Å². The van der Waals surface area contributed by atoms with Crippen LogP contribution in [0.5, 0.6) is 0 Å². The summed E-state index contributed by atoms with van der Waals surface area (Å²) in [4.78, 5) is 15.6. The van der Waals surface area contributed by atoms with Crippen molar-refractivity contribution < 1.29 is 0 Å². The van der Waals surface area contributed by atoms with Gasteiger partial charge in [-0.25, -0.2) is 4.98 Å². The van der Waals surface area contributed by atoms with E-state index in [-0.39, 0.29) is 0 Å². The molecule has 0 amide bonds. The molecule has 6 nitrogen and oxygen atoms in total. The maximum absolute atomic E-state index is 4.57. The predicted molar refractivity (Wildman–Crippen MR) is 79.8 cm³/mol. The molecular weight excluding hydrogens is 264 g/mol. The number of likely N-dealkylation sites (tertiary alicyclic amines) is 1. The van der Waals surface area contributed by atoms with Crippen LogP contribution >= 0.6 is 0 Å². The monoisotopic (exact) mass is 286 g/mol. The quantitative estimate of drug-likeness (QED) is 0.932. The minimum atomic E-state index is 0.318. The van der Waals surface area contributed by atoms with Gasteiger partial charge in [0.05, 0.1) is 11.7 Å². The number of hydrogen-bond donors (Lipinski definition) is 1. The van der Waals surface area contributed by atoms with Gasteiger partial charge in [0.1, 0.15) is 5.82 Å². The second-order valence-electron chi connectivity index (χ2n) is 5.61. The highest BCUT2D eigenvalue weighted by molar-refractivity contribution is 5.04. The molecule has 0 aliphatic carbocycles. The zero-order valence-electron chi connectivity index (χ0n) is 12.7. The van der Waals surface area contributed by atoms with E-state index in [9.17, 15) is 0 Å².